The van der Waals surface area contributed by atoms with E-state index in [4.69, 9.17) is 16.6 Å². The lowest BCUT2D eigenvalue weighted by Crippen LogP contribution is -2.34. The van der Waals surface area contributed by atoms with E-state index in [1.165, 1.54) is 5.56 Å². The highest BCUT2D eigenvalue weighted by molar-refractivity contribution is 7.80. The minimum atomic E-state index is -0.249. The summed E-state index contributed by atoms with van der Waals surface area (Å²) in [5.74, 6) is 0.699. The highest BCUT2D eigenvalue weighted by atomic mass is 32.1. The topological polar surface area (TPSA) is 67.2 Å². The van der Waals surface area contributed by atoms with Crippen LogP contribution in [0, 0.1) is 13.8 Å². The van der Waals surface area contributed by atoms with Crippen molar-refractivity contribution in [3.8, 4) is 11.5 Å². The second-order valence-corrected chi connectivity index (χ2v) is 8.61. The summed E-state index contributed by atoms with van der Waals surface area (Å²) in [7, 11) is 0. The van der Waals surface area contributed by atoms with Crippen molar-refractivity contribution in [3.63, 3.8) is 0 Å². The molecule has 0 atom stereocenters. The second-order valence-electron chi connectivity index (χ2n) is 8.20. The molecule has 0 spiro atoms. The van der Waals surface area contributed by atoms with Crippen molar-refractivity contribution in [1.29, 1.82) is 0 Å². The van der Waals surface area contributed by atoms with E-state index in [1.807, 2.05) is 74.5 Å². The number of hydrogen-bond acceptors (Lipinski definition) is 4. The van der Waals surface area contributed by atoms with Gasteiger partial charge in [-0.15, -0.1) is 0 Å². The molecule has 1 amide bonds. The molecule has 6 heteroatoms. The van der Waals surface area contributed by atoms with E-state index < -0.39 is 0 Å². The molecule has 32 heavy (non-hydrogen) atoms. The van der Waals surface area contributed by atoms with Gasteiger partial charge in [0, 0.05) is 16.8 Å². The van der Waals surface area contributed by atoms with Crippen molar-refractivity contribution < 1.29 is 9.21 Å². The van der Waals surface area contributed by atoms with E-state index in [-0.39, 0.29) is 11.0 Å². The van der Waals surface area contributed by atoms with E-state index in [0.717, 1.165) is 33.5 Å². The Bertz CT molecular complexity index is 1310. The monoisotopic (exact) mass is 443 g/mol. The van der Waals surface area contributed by atoms with Gasteiger partial charge in [0.05, 0.1) is 0 Å². The van der Waals surface area contributed by atoms with Crippen molar-refractivity contribution in [2.75, 3.05) is 5.32 Å². The number of thiocarbonyl (C=S) groups is 1. The summed E-state index contributed by atoms with van der Waals surface area (Å²) in [6.07, 6.45) is 0. The van der Waals surface area contributed by atoms with Gasteiger partial charge in [-0.05, 0) is 85.1 Å². The van der Waals surface area contributed by atoms with Crippen LogP contribution in [-0.2, 0) is 0 Å². The molecule has 0 fully saturated rings. The quantitative estimate of drug-likeness (QED) is 0.359. The highest BCUT2D eigenvalue weighted by Gasteiger charge is 2.13. The van der Waals surface area contributed by atoms with Gasteiger partial charge in [0.25, 0.3) is 5.91 Å². The van der Waals surface area contributed by atoms with Gasteiger partial charge in [0.15, 0.2) is 10.7 Å². The number of hydrogen-bond donors (Lipinski definition) is 2. The van der Waals surface area contributed by atoms with E-state index in [2.05, 4.69) is 29.5 Å². The van der Waals surface area contributed by atoms with Crippen molar-refractivity contribution in [2.24, 2.45) is 0 Å². The zero-order chi connectivity index (χ0) is 22.8. The van der Waals surface area contributed by atoms with Crippen molar-refractivity contribution in [1.82, 2.24) is 10.3 Å². The van der Waals surface area contributed by atoms with Gasteiger partial charge in [-0.1, -0.05) is 38.1 Å². The zero-order valence-corrected chi connectivity index (χ0v) is 19.3. The Hall–Kier alpha value is -3.51. The van der Waals surface area contributed by atoms with Crippen LogP contribution in [0.2, 0.25) is 0 Å². The summed E-state index contributed by atoms with van der Waals surface area (Å²) in [4.78, 5) is 17.2. The highest BCUT2D eigenvalue weighted by Crippen LogP contribution is 2.28. The van der Waals surface area contributed by atoms with Gasteiger partial charge < -0.3 is 9.73 Å². The Morgan fingerprint density at radius 3 is 2.47 bits per heavy atom. The van der Waals surface area contributed by atoms with Crippen LogP contribution in [0.15, 0.2) is 65.1 Å². The molecule has 0 unspecified atom stereocenters. The molecule has 0 bridgehead atoms. The molecule has 162 valence electrons. The van der Waals surface area contributed by atoms with E-state index in [9.17, 15) is 4.79 Å². The lowest BCUT2D eigenvalue weighted by molar-refractivity contribution is 0.0977. The number of carbonyl (C=O) groups excluding carboxylic acids is 1. The first kappa shape index (κ1) is 21.7. The van der Waals surface area contributed by atoms with Gasteiger partial charge in [-0.3, -0.25) is 10.1 Å². The van der Waals surface area contributed by atoms with E-state index in [0.29, 0.717) is 17.4 Å². The normalized spacial score (nSPS) is 11.0. The Morgan fingerprint density at radius 1 is 1.00 bits per heavy atom. The van der Waals surface area contributed by atoms with E-state index in [1.54, 1.807) is 0 Å². The summed E-state index contributed by atoms with van der Waals surface area (Å²) < 4.78 is 5.92. The van der Waals surface area contributed by atoms with E-state index >= 15 is 0 Å². The number of nitrogens with one attached hydrogen (secondary N) is 2. The average Bonchev–Trinajstić information content (AvgIpc) is 3.18. The lowest BCUT2D eigenvalue weighted by Gasteiger charge is -2.13. The van der Waals surface area contributed by atoms with Crippen LogP contribution in [0.1, 0.15) is 46.8 Å². The molecule has 0 aliphatic heterocycles. The molecule has 1 heterocycles. The van der Waals surface area contributed by atoms with Crippen LogP contribution in [0.25, 0.3) is 22.6 Å². The molecule has 5 nitrogen and oxygen atoms in total. The van der Waals surface area contributed by atoms with Gasteiger partial charge in [-0.25, -0.2) is 4.98 Å². The van der Waals surface area contributed by atoms with Crippen molar-refractivity contribution in [2.45, 2.75) is 33.6 Å². The number of oxazole rings is 1. The predicted molar refractivity (Wildman–Crippen MR) is 133 cm³/mol. The third-order valence-electron chi connectivity index (χ3n) is 5.34. The molecular formula is C26H25N3O2S. The molecule has 4 rings (SSSR count). The fourth-order valence-electron chi connectivity index (χ4n) is 3.40. The summed E-state index contributed by atoms with van der Waals surface area (Å²) in [5.41, 5.74) is 7.03. The molecular weight excluding hydrogens is 418 g/mol. The number of amides is 1. The Kier molecular flexibility index (Phi) is 6.06. The van der Waals surface area contributed by atoms with Gasteiger partial charge in [-0.2, -0.15) is 0 Å². The molecule has 4 aromatic rings. The minimum Gasteiger partial charge on any atom is -0.436 e. The standard InChI is InChI=1S/C26H25N3O2S/c1-15(2)18-8-10-19(11-9-18)24(30)29-26(32)28-21-14-20(7-6-17(21)4)25-27-22-13-16(3)5-12-23(22)31-25/h5-15H,1-4H3,(H2,28,29,30,32). The number of aryl methyl sites for hydroxylation is 2. The van der Waals surface area contributed by atoms with Crippen LogP contribution < -0.4 is 10.6 Å². The van der Waals surface area contributed by atoms with Crippen molar-refractivity contribution >= 4 is 40.0 Å². The van der Waals surface area contributed by atoms with Crippen LogP contribution in [0.4, 0.5) is 5.69 Å². The van der Waals surface area contributed by atoms with Crippen LogP contribution >= 0.6 is 12.2 Å². The van der Waals surface area contributed by atoms with Crippen LogP contribution in [-0.4, -0.2) is 16.0 Å². The van der Waals surface area contributed by atoms with Crippen LogP contribution in [0.3, 0.4) is 0 Å². The Morgan fingerprint density at radius 2 is 1.75 bits per heavy atom. The molecule has 3 aromatic carbocycles. The fraction of sp³-hybridized carbons (Fsp3) is 0.192. The first-order chi connectivity index (χ1) is 15.3. The second kappa shape index (κ2) is 8.93. The molecule has 0 radical (unpaired) electrons. The first-order valence-corrected chi connectivity index (χ1v) is 10.9. The Balaban J connectivity index is 1.49. The average molecular weight is 444 g/mol. The number of anilines is 1. The smallest absolute Gasteiger partial charge is 0.257 e. The van der Waals surface area contributed by atoms with Crippen molar-refractivity contribution in [3.05, 3.63) is 82.9 Å². The van der Waals surface area contributed by atoms with Gasteiger partial charge in [0.1, 0.15) is 5.52 Å². The summed E-state index contributed by atoms with van der Waals surface area (Å²) in [6, 6.07) is 19.3. The summed E-state index contributed by atoms with van der Waals surface area (Å²) in [5, 5.41) is 6.11. The predicted octanol–water partition coefficient (Wildman–Crippen LogP) is 6.36. The summed E-state index contributed by atoms with van der Waals surface area (Å²) >= 11 is 5.38. The number of benzene rings is 3. The molecule has 0 saturated heterocycles. The van der Waals surface area contributed by atoms with Crippen LogP contribution in [0.5, 0.6) is 0 Å². The number of fused-ring (bicyclic) bond motifs is 1. The SMILES string of the molecule is Cc1ccc2oc(-c3ccc(C)c(NC(=S)NC(=O)c4ccc(C(C)C)cc4)c3)nc2c1. The molecule has 0 saturated carbocycles. The third kappa shape index (κ3) is 4.70. The maximum Gasteiger partial charge on any atom is 0.257 e. The van der Waals surface area contributed by atoms with Gasteiger partial charge in [0.2, 0.25) is 5.89 Å². The Labute approximate surface area is 192 Å². The largest absolute Gasteiger partial charge is 0.436 e. The first-order valence-electron chi connectivity index (χ1n) is 10.5. The molecule has 1 aromatic heterocycles. The number of nitrogens with zero attached hydrogens (tertiary/aromatic N) is 1. The maximum absolute atomic E-state index is 12.6. The summed E-state index contributed by atoms with van der Waals surface area (Å²) in [6.45, 7) is 8.23. The minimum absolute atomic E-state index is 0.233. The number of carbonyl (C=O) groups is 1. The molecule has 2 N–H and O–H groups in total. The number of rotatable bonds is 4. The lowest BCUT2D eigenvalue weighted by atomic mass is 10.0. The fourth-order valence-corrected chi connectivity index (χ4v) is 3.60. The van der Waals surface area contributed by atoms with Gasteiger partial charge >= 0.3 is 0 Å². The number of aromatic nitrogens is 1. The molecule has 0 aliphatic carbocycles. The zero-order valence-electron chi connectivity index (χ0n) is 18.5. The third-order valence-corrected chi connectivity index (χ3v) is 5.55. The maximum atomic E-state index is 12.6. The molecule has 0 aliphatic rings.